The Kier molecular flexibility index (Phi) is 2.69. The quantitative estimate of drug-likeness (QED) is 0.437. The summed E-state index contributed by atoms with van der Waals surface area (Å²) in [5.74, 6) is 0. The van der Waals surface area contributed by atoms with Gasteiger partial charge in [0.05, 0.1) is 5.69 Å². The monoisotopic (exact) mass is 258 g/mol. The van der Waals surface area contributed by atoms with Crippen LogP contribution in [0.25, 0.3) is 10.9 Å². The van der Waals surface area contributed by atoms with Crippen LogP contribution in [-0.2, 0) is 11.4 Å². The number of nitriles is 1. The number of aromatic nitrogens is 1. The van der Waals surface area contributed by atoms with Crippen molar-refractivity contribution in [3.8, 4) is 6.19 Å². The maximum atomic E-state index is 8.99. The number of hydrogen-bond donors (Lipinski definition) is 3. The molecule has 0 radical (unpaired) electrons. The first kappa shape index (κ1) is 11.5. The van der Waals surface area contributed by atoms with Gasteiger partial charge in [0.15, 0.2) is 11.2 Å². The van der Waals surface area contributed by atoms with Crippen molar-refractivity contribution >= 4 is 22.7 Å². The van der Waals surface area contributed by atoms with Crippen LogP contribution in [0.15, 0.2) is 24.3 Å². The Hall–Kier alpha value is -1.64. The van der Waals surface area contributed by atoms with Gasteiger partial charge in [0, 0.05) is 17.4 Å². The minimum Gasteiger partial charge on any atom is -0.354 e. The Morgan fingerprint density at radius 3 is 3.06 bits per heavy atom. The van der Waals surface area contributed by atoms with Crippen molar-refractivity contribution < 1.29 is 0 Å². The average Bonchev–Trinajstić information content (AvgIpc) is 2.79. The summed E-state index contributed by atoms with van der Waals surface area (Å²) >= 11 is 1.60. The second kappa shape index (κ2) is 4.23. The van der Waals surface area contributed by atoms with Crippen LogP contribution in [0.5, 0.6) is 0 Å². The Morgan fingerprint density at radius 1 is 1.44 bits per heavy atom. The van der Waals surface area contributed by atoms with Gasteiger partial charge in [-0.05, 0) is 24.3 Å². The van der Waals surface area contributed by atoms with E-state index >= 15 is 0 Å². The van der Waals surface area contributed by atoms with Gasteiger partial charge in [-0.1, -0.05) is 18.2 Å². The topological polar surface area (TPSA) is 63.6 Å². The molecule has 92 valence electrons. The molecule has 1 atom stereocenters. The largest absolute Gasteiger partial charge is 0.354 e. The molecule has 2 heterocycles. The molecule has 5 heteroatoms. The van der Waals surface area contributed by atoms with E-state index in [1.807, 2.05) is 12.3 Å². The lowest BCUT2D eigenvalue weighted by Crippen LogP contribution is -2.53. The van der Waals surface area contributed by atoms with E-state index in [4.69, 9.17) is 5.26 Å². The second-order valence-corrected chi connectivity index (χ2v) is 5.34. The van der Waals surface area contributed by atoms with Crippen molar-refractivity contribution in [1.29, 1.82) is 5.26 Å². The molecule has 0 fully saturated rings. The highest BCUT2D eigenvalue weighted by molar-refractivity contribution is 7.99. The van der Waals surface area contributed by atoms with Gasteiger partial charge >= 0.3 is 0 Å². The van der Waals surface area contributed by atoms with Crippen LogP contribution in [0.3, 0.4) is 0 Å². The third-order valence-electron chi connectivity index (χ3n) is 3.45. The molecule has 0 saturated heterocycles. The fourth-order valence-electron chi connectivity index (χ4n) is 2.62. The average molecular weight is 258 g/mol. The van der Waals surface area contributed by atoms with Gasteiger partial charge in [-0.2, -0.15) is 5.26 Å². The van der Waals surface area contributed by atoms with Crippen molar-refractivity contribution in [3.63, 3.8) is 0 Å². The lowest BCUT2D eigenvalue weighted by atomic mass is 10.0. The summed E-state index contributed by atoms with van der Waals surface area (Å²) < 4.78 is 0. The molecule has 18 heavy (non-hydrogen) atoms. The van der Waals surface area contributed by atoms with Gasteiger partial charge in [-0.3, -0.25) is 10.6 Å². The third kappa shape index (κ3) is 1.50. The zero-order valence-electron chi connectivity index (χ0n) is 10.1. The number of H-pyrrole nitrogens is 1. The van der Waals surface area contributed by atoms with E-state index < -0.39 is 4.99 Å². The van der Waals surface area contributed by atoms with Crippen LogP contribution >= 0.6 is 11.8 Å². The van der Waals surface area contributed by atoms with E-state index in [1.54, 1.807) is 11.8 Å². The molecule has 3 rings (SSSR count). The zero-order chi connectivity index (χ0) is 12.6. The van der Waals surface area contributed by atoms with Crippen molar-refractivity contribution in [2.75, 3.05) is 12.8 Å². The van der Waals surface area contributed by atoms with E-state index in [2.05, 4.69) is 40.0 Å². The van der Waals surface area contributed by atoms with E-state index in [0.29, 0.717) is 0 Å². The van der Waals surface area contributed by atoms with E-state index in [-0.39, 0.29) is 0 Å². The van der Waals surface area contributed by atoms with Crippen molar-refractivity contribution in [2.24, 2.45) is 0 Å². The number of nitrogens with one attached hydrogen (secondary N) is 3. The molecule has 0 bridgehead atoms. The fourth-order valence-corrected chi connectivity index (χ4v) is 3.40. The lowest BCUT2D eigenvalue weighted by Gasteiger charge is -2.35. The highest BCUT2D eigenvalue weighted by atomic mass is 32.2. The molecule has 0 saturated carbocycles. The number of aromatic amines is 1. The molecule has 0 aliphatic carbocycles. The molecule has 1 unspecified atom stereocenters. The normalized spacial score (nSPS) is 22.4. The van der Waals surface area contributed by atoms with Gasteiger partial charge < -0.3 is 4.98 Å². The summed E-state index contributed by atoms with van der Waals surface area (Å²) in [6, 6.07) is 8.28. The van der Waals surface area contributed by atoms with Gasteiger partial charge in [0.1, 0.15) is 0 Å². The smallest absolute Gasteiger partial charge is 0.187 e. The maximum absolute atomic E-state index is 8.99. The predicted octanol–water partition coefficient (Wildman–Crippen LogP) is 1.86. The number of rotatable bonds is 2. The Bertz CT molecular complexity index is 627. The molecule has 1 aromatic heterocycles. The minimum atomic E-state index is -0.526. The summed E-state index contributed by atoms with van der Waals surface area (Å²) in [5, 5.41) is 16.5. The van der Waals surface area contributed by atoms with E-state index in [1.165, 1.54) is 10.9 Å². The van der Waals surface area contributed by atoms with Crippen molar-refractivity contribution in [1.82, 2.24) is 15.6 Å². The van der Waals surface area contributed by atoms with Crippen LogP contribution in [0, 0.1) is 11.5 Å². The molecular weight excluding hydrogens is 244 g/mol. The molecule has 1 aromatic carbocycles. The fraction of sp³-hybridized carbons (Fsp3) is 0.308. The summed E-state index contributed by atoms with van der Waals surface area (Å²) in [5.41, 5.74) is 3.51. The Morgan fingerprint density at radius 2 is 2.28 bits per heavy atom. The number of hydrogen-bond acceptors (Lipinski definition) is 4. The first-order valence-electron chi connectivity index (χ1n) is 5.87. The molecule has 3 N–H and O–H groups in total. The van der Waals surface area contributed by atoms with Crippen LogP contribution in [0.4, 0.5) is 0 Å². The van der Waals surface area contributed by atoms with Crippen LogP contribution in [0.2, 0.25) is 0 Å². The second-order valence-electron chi connectivity index (χ2n) is 4.32. The van der Waals surface area contributed by atoms with Crippen LogP contribution in [-0.4, -0.2) is 17.8 Å². The van der Waals surface area contributed by atoms with Crippen molar-refractivity contribution in [3.05, 3.63) is 35.5 Å². The summed E-state index contributed by atoms with van der Waals surface area (Å²) in [7, 11) is 0. The highest BCUT2D eigenvalue weighted by Gasteiger charge is 2.38. The first-order chi connectivity index (χ1) is 8.80. The van der Waals surface area contributed by atoms with Crippen molar-refractivity contribution in [2.45, 2.75) is 11.4 Å². The number of para-hydroxylation sites is 1. The first-order valence-corrected chi connectivity index (χ1v) is 7.10. The minimum absolute atomic E-state index is 0.526. The number of thioether (sulfide) groups is 1. The molecule has 1 aliphatic heterocycles. The molecule has 4 nitrogen and oxygen atoms in total. The summed E-state index contributed by atoms with van der Waals surface area (Å²) in [4.78, 5) is 2.92. The number of nitrogens with zero attached hydrogens (tertiary/aromatic N) is 1. The number of benzene rings is 1. The Labute approximate surface area is 110 Å². The molecule has 1 aliphatic rings. The highest BCUT2D eigenvalue weighted by Crippen LogP contribution is 2.37. The molecule has 2 aromatic rings. The Balaban J connectivity index is 2.25. The van der Waals surface area contributed by atoms with Gasteiger partial charge in [-0.25, -0.2) is 0 Å². The molecule has 0 spiro atoms. The molecular formula is C13H14N4S. The lowest BCUT2D eigenvalue weighted by molar-refractivity contribution is 0.416. The zero-order valence-corrected chi connectivity index (χ0v) is 10.9. The van der Waals surface area contributed by atoms with E-state index in [0.717, 1.165) is 24.2 Å². The number of fused-ring (bicyclic) bond motifs is 3. The summed E-state index contributed by atoms with van der Waals surface area (Å²) in [6.07, 6.45) is 5.04. The summed E-state index contributed by atoms with van der Waals surface area (Å²) in [6.45, 7) is 0.865. The van der Waals surface area contributed by atoms with Gasteiger partial charge in [-0.15, -0.1) is 11.8 Å². The molecule has 0 amide bonds. The SMILES string of the molecule is CSC1(NC#N)NCCc2c1[nH]c1ccccc21. The maximum Gasteiger partial charge on any atom is 0.187 e. The predicted molar refractivity (Wildman–Crippen MR) is 73.9 cm³/mol. The van der Waals surface area contributed by atoms with Crippen LogP contribution in [0.1, 0.15) is 11.3 Å². The van der Waals surface area contributed by atoms with Gasteiger partial charge in [0.25, 0.3) is 0 Å². The third-order valence-corrected chi connectivity index (χ3v) is 4.52. The van der Waals surface area contributed by atoms with Crippen LogP contribution < -0.4 is 10.6 Å². The van der Waals surface area contributed by atoms with E-state index in [9.17, 15) is 0 Å². The van der Waals surface area contributed by atoms with Gasteiger partial charge in [0.2, 0.25) is 0 Å². The standard InChI is InChI=1S/C13H14N4S/c1-18-13(16-8-14)12-10(6-7-15-13)9-4-2-3-5-11(9)17-12/h2-5,15-17H,6-7H2,1H3.